The molecule has 0 heterocycles. The summed E-state index contributed by atoms with van der Waals surface area (Å²) in [4.78, 5) is 13.2. The van der Waals surface area contributed by atoms with Crippen LogP contribution in [0, 0.1) is 0 Å². The predicted molar refractivity (Wildman–Crippen MR) is 132 cm³/mol. The molecule has 0 aromatic heterocycles. The molecule has 0 radical (unpaired) electrons. The fourth-order valence-corrected chi connectivity index (χ4v) is 4.91. The van der Waals surface area contributed by atoms with Gasteiger partial charge in [-0.3, -0.25) is 4.79 Å². The summed E-state index contributed by atoms with van der Waals surface area (Å²) in [7, 11) is -4.10. The number of nitrogens with zero attached hydrogens (tertiary/aromatic N) is 1. The number of anilines is 1. The molecular weight excluding hydrogens is 458 g/mol. The van der Waals surface area contributed by atoms with Crippen molar-refractivity contribution in [3.05, 3.63) is 89.4 Å². The van der Waals surface area contributed by atoms with Crippen molar-refractivity contribution in [1.29, 1.82) is 0 Å². The standard InChI is InChI=1S/C26H28ClNO4S/c1-2-3-8-21-12-16-23(17-13-21)28(33(30,31)25-18-14-22(27)15-19-25)26(29)11-7-20-32-24-9-5-4-6-10-24/h4-6,9-10,12-19H,2-3,7-8,11,20H2,1H3. The van der Waals surface area contributed by atoms with Crippen molar-refractivity contribution in [3.8, 4) is 5.75 Å². The normalized spacial score (nSPS) is 11.2. The van der Waals surface area contributed by atoms with Crippen LogP contribution in [0.5, 0.6) is 5.75 Å². The molecule has 0 spiro atoms. The van der Waals surface area contributed by atoms with Crippen LogP contribution in [0.25, 0.3) is 0 Å². The van der Waals surface area contributed by atoms with E-state index < -0.39 is 15.9 Å². The molecular formula is C26H28ClNO4S. The van der Waals surface area contributed by atoms with E-state index in [1.165, 1.54) is 24.3 Å². The van der Waals surface area contributed by atoms with Crippen molar-refractivity contribution >= 4 is 33.2 Å². The van der Waals surface area contributed by atoms with E-state index in [4.69, 9.17) is 16.3 Å². The molecule has 0 unspecified atom stereocenters. The first-order valence-electron chi connectivity index (χ1n) is 11.0. The second-order valence-corrected chi connectivity index (χ2v) is 9.88. The van der Waals surface area contributed by atoms with Gasteiger partial charge in [-0.1, -0.05) is 55.3 Å². The van der Waals surface area contributed by atoms with E-state index in [-0.39, 0.29) is 11.3 Å². The second kappa shape index (κ2) is 11.9. The maximum Gasteiger partial charge on any atom is 0.270 e. The summed E-state index contributed by atoms with van der Waals surface area (Å²) in [6.07, 6.45) is 3.44. The largest absolute Gasteiger partial charge is 0.494 e. The average molecular weight is 486 g/mol. The van der Waals surface area contributed by atoms with Crippen LogP contribution in [0.4, 0.5) is 5.69 Å². The third-order valence-electron chi connectivity index (χ3n) is 5.12. The third kappa shape index (κ3) is 6.83. The van der Waals surface area contributed by atoms with Gasteiger partial charge in [-0.05, 0) is 73.4 Å². The molecule has 0 fully saturated rings. The molecule has 0 aliphatic heterocycles. The minimum atomic E-state index is -4.10. The number of sulfonamides is 1. The Kier molecular flexibility index (Phi) is 8.92. The van der Waals surface area contributed by atoms with Crippen molar-refractivity contribution in [2.75, 3.05) is 10.9 Å². The molecule has 0 aliphatic carbocycles. The van der Waals surface area contributed by atoms with Gasteiger partial charge in [0, 0.05) is 11.4 Å². The van der Waals surface area contributed by atoms with Gasteiger partial charge in [-0.15, -0.1) is 0 Å². The molecule has 3 aromatic rings. The van der Waals surface area contributed by atoms with Crippen LogP contribution >= 0.6 is 11.6 Å². The third-order valence-corrected chi connectivity index (χ3v) is 7.13. The van der Waals surface area contributed by atoms with E-state index in [1.807, 2.05) is 42.5 Å². The molecule has 5 nitrogen and oxygen atoms in total. The number of halogens is 1. The summed E-state index contributed by atoms with van der Waals surface area (Å²) in [6, 6.07) is 22.2. The van der Waals surface area contributed by atoms with Gasteiger partial charge in [0.15, 0.2) is 0 Å². The maximum atomic E-state index is 13.4. The van der Waals surface area contributed by atoms with Gasteiger partial charge in [0.05, 0.1) is 17.2 Å². The molecule has 7 heteroatoms. The van der Waals surface area contributed by atoms with Crippen LogP contribution in [0.2, 0.25) is 5.02 Å². The number of para-hydroxylation sites is 1. The summed E-state index contributed by atoms with van der Waals surface area (Å²) in [5.41, 5.74) is 1.42. The Morgan fingerprint density at radius 3 is 2.21 bits per heavy atom. The first kappa shape index (κ1) is 24.8. The summed E-state index contributed by atoms with van der Waals surface area (Å²) in [5, 5.41) is 0.421. The second-order valence-electron chi connectivity index (χ2n) is 7.65. The number of carbonyl (C=O) groups excluding carboxylic acids is 1. The maximum absolute atomic E-state index is 13.4. The number of benzene rings is 3. The van der Waals surface area contributed by atoms with Gasteiger partial charge in [-0.2, -0.15) is 0 Å². The topological polar surface area (TPSA) is 63.7 Å². The highest BCUT2D eigenvalue weighted by Gasteiger charge is 2.30. The zero-order valence-corrected chi connectivity index (χ0v) is 20.2. The van der Waals surface area contributed by atoms with Crippen LogP contribution in [0.15, 0.2) is 83.8 Å². The van der Waals surface area contributed by atoms with Crippen molar-refractivity contribution in [3.63, 3.8) is 0 Å². The van der Waals surface area contributed by atoms with Crippen LogP contribution in [0.1, 0.15) is 38.2 Å². The van der Waals surface area contributed by atoms with E-state index in [2.05, 4.69) is 6.92 Å². The molecule has 0 saturated heterocycles. The van der Waals surface area contributed by atoms with Crippen LogP contribution < -0.4 is 9.04 Å². The van der Waals surface area contributed by atoms with Crippen LogP contribution in [-0.4, -0.2) is 20.9 Å². The van der Waals surface area contributed by atoms with Crippen LogP contribution in [0.3, 0.4) is 0 Å². The molecule has 0 saturated carbocycles. The number of unbranched alkanes of at least 4 members (excludes halogenated alkanes) is 1. The zero-order valence-electron chi connectivity index (χ0n) is 18.6. The van der Waals surface area contributed by atoms with Crippen molar-refractivity contribution in [2.45, 2.75) is 43.9 Å². The number of ether oxygens (including phenoxy) is 1. The predicted octanol–water partition coefficient (Wildman–Crippen LogP) is 6.26. The molecule has 3 aromatic carbocycles. The minimum absolute atomic E-state index is 0.0100. The lowest BCUT2D eigenvalue weighted by Crippen LogP contribution is -2.37. The van der Waals surface area contributed by atoms with E-state index in [9.17, 15) is 13.2 Å². The lowest BCUT2D eigenvalue weighted by Gasteiger charge is -2.23. The van der Waals surface area contributed by atoms with Crippen LogP contribution in [-0.2, 0) is 21.2 Å². The van der Waals surface area contributed by atoms with Gasteiger partial charge < -0.3 is 4.74 Å². The van der Waals surface area contributed by atoms with Gasteiger partial charge >= 0.3 is 0 Å². The smallest absolute Gasteiger partial charge is 0.270 e. The molecule has 0 aliphatic rings. The Balaban J connectivity index is 1.80. The molecule has 3 rings (SSSR count). The van der Waals surface area contributed by atoms with Crippen molar-refractivity contribution < 1.29 is 17.9 Å². The number of carbonyl (C=O) groups is 1. The number of rotatable bonds is 11. The summed E-state index contributed by atoms with van der Waals surface area (Å²) >= 11 is 5.93. The molecule has 1 amide bonds. The van der Waals surface area contributed by atoms with Crippen molar-refractivity contribution in [2.24, 2.45) is 0 Å². The lowest BCUT2D eigenvalue weighted by molar-refractivity contribution is -0.117. The number of aryl methyl sites for hydroxylation is 1. The summed E-state index contributed by atoms with van der Waals surface area (Å²) in [6.45, 7) is 2.43. The first-order valence-corrected chi connectivity index (χ1v) is 12.8. The van der Waals surface area contributed by atoms with Gasteiger partial charge in [0.2, 0.25) is 5.91 Å². The Morgan fingerprint density at radius 1 is 0.909 bits per heavy atom. The minimum Gasteiger partial charge on any atom is -0.494 e. The average Bonchev–Trinajstić information content (AvgIpc) is 2.82. The molecule has 33 heavy (non-hydrogen) atoms. The van der Waals surface area contributed by atoms with E-state index >= 15 is 0 Å². The van der Waals surface area contributed by atoms with E-state index in [0.29, 0.717) is 29.5 Å². The highest BCUT2D eigenvalue weighted by molar-refractivity contribution is 7.93. The molecule has 0 bridgehead atoms. The lowest BCUT2D eigenvalue weighted by atomic mass is 10.1. The fourth-order valence-electron chi connectivity index (χ4n) is 3.34. The Hall–Kier alpha value is -2.83. The Morgan fingerprint density at radius 2 is 1.58 bits per heavy atom. The highest BCUT2D eigenvalue weighted by Crippen LogP contribution is 2.27. The SMILES string of the molecule is CCCCc1ccc(N(C(=O)CCCOc2ccccc2)S(=O)(=O)c2ccc(Cl)cc2)cc1. The van der Waals surface area contributed by atoms with E-state index in [0.717, 1.165) is 29.1 Å². The summed E-state index contributed by atoms with van der Waals surface area (Å²) in [5.74, 6) is 0.196. The Labute approximate surface area is 201 Å². The first-order chi connectivity index (χ1) is 15.9. The summed E-state index contributed by atoms with van der Waals surface area (Å²) < 4.78 is 33.4. The quantitative estimate of drug-likeness (QED) is 0.300. The van der Waals surface area contributed by atoms with Gasteiger partial charge in [-0.25, -0.2) is 12.7 Å². The van der Waals surface area contributed by atoms with Gasteiger partial charge in [0.1, 0.15) is 5.75 Å². The zero-order chi connectivity index (χ0) is 23.7. The van der Waals surface area contributed by atoms with Gasteiger partial charge in [0.25, 0.3) is 10.0 Å². The molecule has 0 atom stereocenters. The molecule has 0 N–H and O–H groups in total. The number of hydrogen-bond donors (Lipinski definition) is 0. The fraction of sp³-hybridized carbons (Fsp3) is 0.269. The van der Waals surface area contributed by atoms with Crippen molar-refractivity contribution in [1.82, 2.24) is 0 Å². The number of hydrogen-bond acceptors (Lipinski definition) is 4. The van der Waals surface area contributed by atoms with E-state index in [1.54, 1.807) is 12.1 Å². The Bertz CT molecular complexity index is 1130. The number of amides is 1. The highest BCUT2D eigenvalue weighted by atomic mass is 35.5. The monoisotopic (exact) mass is 485 g/mol. The molecule has 174 valence electrons.